The summed E-state index contributed by atoms with van der Waals surface area (Å²) in [6.07, 6.45) is -0.0625. The normalized spacial score (nSPS) is 11.8. The molecule has 104 valence electrons. The van der Waals surface area contributed by atoms with Crippen molar-refractivity contribution in [3.05, 3.63) is 60.2 Å². The largest absolute Gasteiger partial charge is 0.399 e. The Morgan fingerprint density at radius 3 is 2.60 bits per heavy atom. The number of aliphatic hydroxyl groups excluding tert-OH is 1. The Kier molecular flexibility index (Phi) is 4.74. The van der Waals surface area contributed by atoms with Gasteiger partial charge in [0, 0.05) is 17.8 Å². The van der Waals surface area contributed by atoms with Crippen LogP contribution in [0.2, 0.25) is 0 Å². The predicted molar refractivity (Wildman–Crippen MR) is 80.1 cm³/mol. The number of carbonyl (C=O) groups excluding carboxylic acids is 1. The monoisotopic (exact) mass is 270 g/mol. The van der Waals surface area contributed by atoms with Crippen LogP contribution in [0.15, 0.2) is 54.6 Å². The van der Waals surface area contributed by atoms with Gasteiger partial charge in [0.1, 0.15) is 0 Å². The van der Waals surface area contributed by atoms with Gasteiger partial charge in [-0.3, -0.25) is 4.79 Å². The first-order chi connectivity index (χ1) is 9.65. The minimum Gasteiger partial charge on any atom is -0.399 e. The van der Waals surface area contributed by atoms with Crippen molar-refractivity contribution in [3.63, 3.8) is 0 Å². The van der Waals surface area contributed by atoms with E-state index in [4.69, 9.17) is 5.73 Å². The van der Waals surface area contributed by atoms with E-state index in [2.05, 4.69) is 5.32 Å². The SMILES string of the molecule is Nc1cccc(C(O)CCC(=O)Nc2ccccc2)c1. The van der Waals surface area contributed by atoms with E-state index in [0.717, 1.165) is 11.3 Å². The summed E-state index contributed by atoms with van der Waals surface area (Å²) in [6.45, 7) is 0. The van der Waals surface area contributed by atoms with Crippen LogP contribution in [-0.2, 0) is 4.79 Å². The summed E-state index contributed by atoms with van der Waals surface area (Å²) in [5.41, 5.74) is 7.76. The summed E-state index contributed by atoms with van der Waals surface area (Å²) < 4.78 is 0. The van der Waals surface area contributed by atoms with Gasteiger partial charge in [0.25, 0.3) is 0 Å². The summed E-state index contributed by atoms with van der Waals surface area (Å²) in [6, 6.07) is 16.3. The number of benzene rings is 2. The number of hydrogen-bond acceptors (Lipinski definition) is 3. The molecular weight excluding hydrogens is 252 g/mol. The molecule has 0 radical (unpaired) electrons. The molecule has 2 aromatic rings. The van der Waals surface area contributed by atoms with E-state index in [1.165, 1.54) is 0 Å². The number of hydrogen-bond donors (Lipinski definition) is 3. The standard InChI is InChI=1S/C16H18N2O2/c17-13-6-4-5-12(11-13)15(19)9-10-16(20)18-14-7-2-1-3-8-14/h1-8,11,15,19H,9-10,17H2,(H,18,20). The van der Waals surface area contributed by atoms with Crippen molar-refractivity contribution in [3.8, 4) is 0 Å². The number of nitrogens with one attached hydrogen (secondary N) is 1. The molecule has 1 atom stereocenters. The fourth-order valence-corrected chi connectivity index (χ4v) is 1.95. The molecule has 0 aliphatic carbocycles. The molecule has 2 rings (SSSR count). The van der Waals surface area contributed by atoms with Gasteiger partial charge in [-0.25, -0.2) is 0 Å². The second-order valence-electron chi connectivity index (χ2n) is 4.64. The molecule has 0 spiro atoms. The van der Waals surface area contributed by atoms with Crippen LogP contribution < -0.4 is 11.1 Å². The molecule has 1 unspecified atom stereocenters. The first kappa shape index (κ1) is 14.1. The number of anilines is 2. The fourth-order valence-electron chi connectivity index (χ4n) is 1.95. The summed E-state index contributed by atoms with van der Waals surface area (Å²) >= 11 is 0. The Bertz CT molecular complexity index is 570. The molecule has 0 bridgehead atoms. The topological polar surface area (TPSA) is 75.3 Å². The molecule has 4 N–H and O–H groups in total. The highest BCUT2D eigenvalue weighted by atomic mass is 16.3. The highest BCUT2D eigenvalue weighted by molar-refractivity contribution is 5.90. The van der Waals surface area contributed by atoms with Crippen molar-refractivity contribution in [2.75, 3.05) is 11.1 Å². The van der Waals surface area contributed by atoms with Crippen LogP contribution in [0.5, 0.6) is 0 Å². The average Bonchev–Trinajstić information content (AvgIpc) is 2.46. The van der Waals surface area contributed by atoms with Gasteiger partial charge in [-0.1, -0.05) is 30.3 Å². The molecule has 0 aliphatic rings. The van der Waals surface area contributed by atoms with Crippen LogP contribution in [0.25, 0.3) is 0 Å². The summed E-state index contributed by atoms with van der Waals surface area (Å²) in [4.78, 5) is 11.8. The first-order valence-corrected chi connectivity index (χ1v) is 6.53. The molecule has 0 saturated heterocycles. The van der Waals surface area contributed by atoms with Gasteiger partial charge >= 0.3 is 0 Å². The lowest BCUT2D eigenvalue weighted by Gasteiger charge is -2.11. The van der Waals surface area contributed by atoms with Crippen molar-refractivity contribution < 1.29 is 9.90 Å². The third kappa shape index (κ3) is 4.10. The third-order valence-electron chi connectivity index (χ3n) is 3.00. The van der Waals surface area contributed by atoms with Gasteiger partial charge in [-0.15, -0.1) is 0 Å². The Labute approximate surface area is 118 Å². The average molecular weight is 270 g/mol. The third-order valence-corrected chi connectivity index (χ3v) is 3.00. The molecule has 0 saturated carbocycles. The molecule has 4 nitrogen and oxygen atoms in total. The van der Waals surface area contributed by atoms with Gasteiger partial charge in [0.15, 0.2) is 0 Å². The maximum atomic E-state index is 11.8. The summed E-state index contributed by atoms with van der Waals surface area (Å²) in [5.74, 6) is -0.112. The van der Waals surface area contributed by atoms with Crippen molar-refractivity contribution in [2.24, 2.45) is 0 Å². The number of amides is 1. The van der Waals surface area contributed by atoms with Crippen LogP contribution in [0.1, 0.15) is 24.5 Å². The number of nitrogen functional groups attached to an aromatic ring is 1. The minimum absolute atomic E-state index is 0.112. The zero-order valence-corrected chi connectivity index (χ0v) is 11.1. The van der Waals surface area contributed by atoms with E-state index in [9.17, 15) is 9.90 Å². The van der Waals surface area contributed by atoms with Crippen LogP contribution >= 0.6 is 0 Å². The van der Waals surface area contributed by atoms with Gasteiger partial charge in [-0.05, 0) is 36.2 Å². The summed E-state index contributed by atoms with van der Waals surface area (Å²) in [5, 5.41) is 12.8. The van der Waals surface area contributed by atoms with Crippen LogP contribution in [-0.4, -0.2) is 11.0 Å². The Morgan fingerprint density at radius 2 is 1.90 bits per heavy atom. The number of aliphatic hydroxyl groups is 1. The second kappa shape index (κ2) is 6.73. The fraction of sp³-hybridized carbons (Fsp3) is 0.188. The lowest BCUT2D eigenvalue weighted by atomic mass is 10.0. The molecule has 1 amide bonds. The number of carbonyl (C=O) groups is 1. The van der Waals surface area contributed by atoms with Crippen molar-refractivity contribution >= 4 is 17.3 Å². The van der Waals surface area contributed by atoms with E-state index in [1.807, 2.05) is 30.3 Å². The maximum absolute atomic E-state index is 11.8. The predicted octanol–water partition coefficient (Wildman–Crippen LogP) is 2.72. The van der Waals surface area contributed by atoms with Crippen molar-refractivity contribution in [1.82, 2.24) is 0 Å². The molecule has 2 aromatic carbocycles. The van der Waals surface area contributed by atoms with E-state index in [0.29, 0.717) is 12.1 Å². The van der Waals surface area contributed by atoms with E-state index >= 15 is 0 Å². The quantitative estimate of drug-likeness (QED) is 0.731. The van der Waals surface area contributed by atoms with E-state index in [1.54, 1.807) is 24.3 Å². The highest BCUT2D eigenvalue weighted by Gasteiger charge is 2.10. The number of nitrogens with two attached hydrogens (primary N) is 1. The van der Waals surface area contributed by atoms with Crippen molar-refractivity contribution in [1.29, 1.82) is 0 Å². The van der Waals surface area contributed by atoms with Gasteiger partial charge in [-0.2, -0.15) is 0 Å². The molecule has 0 heterocycles. The van der Waals surface area contributed by atoms with Crippen LogP contribution in [0.4, 0.5) is 11.4 Å². The minimum atomic E-state index is -0.681. The lowest BCUT2D eigenvalue weighted by Crippen LogP contribution is -2.12. The van der Waals surface area contributed by atoms with Crippen LogP contribution in [0.3, 0.4) is 0 Å². The van der Waals surface area contributed by atoms with E-state index in [-0.39, 0.29) is 12.3 Å². The smallest absolute Gasteiger partial charge is 0.224 e. The lowest BCUT2D eigenvalue weighted by molar-refractivity contribution is -0.116. The maximum Gasteiger partial charge on any atom is 0.224 e. The Hall–Kier alpha value is -2.33. The molecular formula is C16H18N2O2. The highest BCUT2D eigenvalue weighted by Crippen LogP contribution is 2.20. The second-order valence-corrected chi connectivity index (χ2v) is 4.64. The zero-order chi connectivity index (χ0) is 14.4. The van der Waals surface area contributed by atoms with Gasteiger partial charge in [0.2, 0.25) is 5.91 Å². The van der Waals surface area contributed by atoms with E-state index < -0.39 is 6.10 Å². The Balaban J connectivity index is 1.84. The molecule has 0 aliphatic heterocycles. The Morgan fingerprint density at radius 1 is 1.15 bits per heavy atom. The van der Waals surface area contributed by atoms with Gasteiger partial charge < -0.3 is 16.2 Å². The zero-order valence-electron chi connectivity index (χ0n) is 11.1. The molecule has 0 fully saturated rings. The van der Waals surface area contributed by atoms with Crippen molar-refractivity contribution in [2.45, 2.75) is 18.9 Å². The van der Waals surface area contributed by atoms with Gasteiger partial charge in [0.05, 0.1) is 6.10 Å². The molecule has 0 aromatic heterocycles. The first-order valence-electron chi connectivity index (χ1n) is 6.53. The molecule has 20 heavy (non-hydrogen) atoms. The van der Waals surface area contributed by atoms with Crippen LogP contribution in [0, 0.1) is 0 Å². The summed E-state index contributed by atoms with van der Waals surface area (Å²) in [7, 11) is 0. The number of rotatable bonds is 5. The molecule has 4 heteroatoms. The number of para-hydroxylation sites is 1.